The van der Waals surface area contributed by atoms with Crippen LogP contribution < -0.4 is 5.32 Å². The molecule has 4 nitrogen and oxygen atoms in total. The Labute approximate surface area is 99.0 Å². The SMILES string of the molecule is CCN(CC)CC(=O)N(C)C1CCNCC1. The second-order valence-corrected chi connectivity index (χ2v) is 4.45. The van der Waals surface area contributed by atoms with Gasteiger partial charge in [0, 0.05) is 13.1 Å². The van der Waals surface area contributed by atoms with E-state index < -0.39 is 0 Å². The van der Waals surface area contributed by atoms with Crippen LogP contribution in [0.4, 0.5) is 0 Å². The molecule has 94 valence electrons. The summed E-state index contributed by atoms with van der Waals surface area (Å²) < 4.78 is 0. The number of likely N-dealkylation sites (N-methyl/N-ethyl adjacent to an activating group) is 2. The van der Waals surface area contributed by atoms with Crippen LogP contribution >= 0.6 is 0 Å². The smallest absolute Gasteiger partial charge is 0.236 e. The molecule has 0 aromatic heterocycles. The van der Waals surface area contributed by atoms with Crippen molar-refractivity contribution in [1.29, 1.82) is 0 Å². The van der Waals surface area contributed by atoms with E-state index in [9.17, 15) is 4.79 Å². The molecule has 0 atom stereocenters. The van der Waals surface area contributed by atoms with Gasteiger partial charge >= 0.3 is 0 Å². The number of carbonyl (C=O) groups is 1. The highest BCUT2D eigenvalue weighted by Crippen LogP contribution is 2.10. The van der Waals surface area contributed by atoms with Crippen LogP contribution in [0.2, 0.25) is 0 Å². The van der Waals surface area contributed by atoms with Crippen molar-refractivity contribution in [3.8, 4) is 0 Å². The number of nitrogens with zero attached hydrogens (tertiary/aromatic N) is 2. The largest absolute Gasteiger partial charge is 0.342 e. The zero-order chi connectivity index (χ0) is 12.0. The fourth-order valence-electron chi connectivity index (χ4n) is 2.15. The summed E-state index contributed by atoms with van der Waals surface area (Å²) >= 11 is 0. The van der Waals surface area contributed by atoms with Gasteiger partial charge in [-0.05, 0) is 39.0 Å². The molecule has 1 aliphatic rings. The van der Waals surface area contributed by atoms with E-state index >= 15 is 0 Å². The van der Waals surface area contributed by atoms with Crippen molar-refractivity contribution in [3.63, 3.8) is 0 Å². The third-order valence-corrected chi connectivity index (χ3v) is 3.50. The van der Waals surface area contributed by atoms with Crippen molar-refractivity contribution in [1.82, 2.24) is 15.1 Å². The predicted octanol–water partition coefficient (Wildman–Crippen LogP) is 0.539. The summed E-state index contributed by atoms with van der Waals surface area (Å²) in [5, 5.41) is 3.32. The van der Waals surface area contributed by atoms with Crippen molar-refractivity contribution in [2.24, 2.45) is 0 Å². The zero-order valence-electron chi connectivity index (χ0n) is 10.8. The molecule has 0 aromatic rings. The molecule has 1 rings (SSSR count). The maximum atomic E-state index is 12.0. The van der Waals surface area contributed by atoms with Gasteiger partial charge in [-0.3, -0.25) is 9.69 Å². The minimum atomic E-state index is 0.260. The van der Waals surface area contributed by atoms with Gasteiger partial charge in [0.15, 0.2) is 0 Å². The molecule has 0 saturated carbocycles. The second-order valence-electron chi connectivity index (χ2n) is 4.45. The molecule has 1 aliphatic heterocycles. The molecule has 1 amide bonds. The molecule has 4 heteroatoms. The molecule has 0 radical (unpaired) electrons. The first-order chi connectivity index (χ1) is 7.69. The monoisotopic (exact) mass is 227 g/mol. The maximum Gasteiger partial charge on any atom is 0.236 e. The minimum Gasteiger partial charge on any atom is -0.342 e. The van der Waals surface area contributed by atoms with Gasteiger partial charge in [-0.1, -0.05) is 13.8 Å². The molecule has 1 heterocycles. The number of nitrogens with one attached hydrogen (secondary N) is 1. The molecule has 0 aromatic carbocycles. The van der Waals surface area contributed by atoms with E-state index in [2.05, 4.69) is 24.1 Å². The fourth-order valence-corrected chi connectivity index (χ4v) is 2.15. The highest BCUT2D eigenvalue weighted by atomic mass is 16.2. The molecule has 0 unspecified atom stereocenters. The van der Waals surface area contributed by atoms with Crippen LogP contribution in [-0.2, 0) is 4.79 Å². The Morgan fingerprint density at radius 1 is 1.25 bits per heavy atom. The normalized spacial score (nSPS) is 17.8. The van der Waals surface area contributed by atoms with E-state index in [1.807, 2.05) is 11.9 Å². The van der Waals surface area contributed by atoms with Gasteiger partial charge in [-0.25, -0.2) is 0 Å². The number of piperidine rings is 1. The Bertz CT molecular complexity index is 210. The van der Waals surface area contributed by atoms with E-state index in [1.165, 1.54) is 0 Å². The molecular formula is C12H25N3O. The summed E-state index contributed by atoms with van der Waals surface area (Å²) in [7, 11) is 1.95. The maximum absolute atomic E-state index is 12.0. The van der Waals surface area contributed by atoms with Crippen LogP contribution in [0.15, 0.2) is 0 Å². The lowest BCUT2D eigenvalue weighted by Gasteiger charge is -2.33. The van der Waals surface area contributed by atoms with Crippen molar-refractivity contribution in [3.05, 3.63) is 0 Å². The van der Waals surface area contributed by atoms with Gasteiger partial charge in [-0.15, -0.1) is 0 Å². The molecule has 0 bridgehead atoms. The lowest BCUT2D eigenvalue weighted by molar-refractivity contribution is -0.133. The average Bonchev–Trinajstić information content (AvgIpc) is 2.35. The fraction of sp³-hybridized carbons (Fsp3) is 0.917. The number of hydrogen-bond acceptors (Lipinski definition) is 3. The summed E-state index contributed by atoms with van der Waals surface area (Å²) in [6.45, 7) is 8.72. The zero-order valence-corrected chi connectivity index (χ0v) is 10.8. The number of amides is 1. The van der Waals surface area contributed by atoms with Gasteiger partial charge in [-0.2, -0.15) is 0 Å². The lowest BCUT2D eigenvalue weighted by atomic mass is 10.1. The van der Waals surface area contributed by atoms with Gasteiger partial charge in [0.05, 0.1) is 6.54 Å². The van der Waals surface area contributed by atoms with Crippen LogP contribution in [0.3, 0.4) is 0 Å². The Morgan fingerprint density at radius 2 is 1.81 bits per heavy atom. The quantitative estimate of drug-likeness (QED) is 0.744. The van der Waals surface area contributed by atoms with Crippen molar-refractivity contribution >= 4 is 5.91 Å². The van der Waals surface area contributed by atoms with Crippen LogP contribution in [0, 0.1) is 0 Å². The Kier molecular flexibility index (Phi) is 5.77. The van der Waals surface area contributed by atoms with Gasteiger partial charge in [0.2, 0.25) is 5.91 Å². The molecule has 0 spiro atoms. The Balaban J connectivity index is 2.39. The van der Waals surface area contributed by atoms with Crippen molar-refractivity contribution in [2.75, 3.05) is 39.8 Å². The summed E-state index contributed by atoms with van der Waals surface area (Å²) in [6, 6.07) is 0.435. The third-order valence-electron chi connectivity index (χ3n) is 3.50. The van der Waals surface area contributed by atoms with Crippen LogP contribution in [-0.4, -0.2) is 61.5 Å². The third kappa shape index (κ3) is 3.76. The topological polar surface area (TPSA) is 35.6 Å². The standard InChI is InChI=1S/C12H25N3O/c1-4-15(5-2)10-12(16)14(3)11-6-8-13-9-7-11/h11,13H,4-10H2,1-3H3. The summed E-state index contributed by atoms with van der Waals surface area (Å²) in [5.74, 6) is 0.260. The van der Waals surface area contributed by atoms with Crippen LogP contribution in [0.5, 0.6) is 0 Å². The van der Waals surface area contributed by atoms with Crippen LogP contribution in [0.25, 0.3) is 0 Å². The molecule has 1 saturated heterocycles. The van der Waals surface area contributed by atoms with Gasteiger partial charge in [0.1, 0.15) is 0 Å². The van der Waals surface area contributed by atoms with E-state index in [0.717, 1.165) is 39.0 Å². The number of rotatable bonds is 5. The first kappa shape index (κ1) is 13.5. The number of carbonyl (C=O) groups excluding carboxylic acids is 1. The lowest BCUT2D eigenvalue weighted by Crippen LogP contribution is -2.47. The van der Waals surface area contributed by atoms with Crippen molar-refractivity contribution < 1.29 is 4.79 Å². The predicted molar refractivity (Wildman–Crippen MR) is 66.4 cm³/mol. The highest BCUT2D eigenvalue weighted by Gasteiger charge is 2.22. The Morgan fingerprint density at radius 3 is 2.31 bits per heavy atom. The highest BCUT2D eigenvalue weighted by molar-refractivity contribution is 5.78. The van der Waals surface area contributed by atoms with E-state index in [1.54, 1.807) is 0 Å². The molecular weight excluding hydrogens is 202 g/mol. The first-order valence-corrected chi connectivity index (χ1v) is 6.37. The summed E-state index contributed by atoms with van der Waals surface area (Å²) in [5.41, 5.74) is 0. The van der Waals surface area contributed by atoms with E-state index in [0.29, 0.717) is 12.6 Å². The molecule has 1 fully saturated rings. The second kappa shape index (κ2) is 6.86. The van der Waals surface area contributed by atoms with E-state index in [-0.39, 0.29) is 5.91 Å². The van der Waals surface area contributed by atoms with Crippen LogP contribution in [0.1, 0.15) is 26.7 Å². The van der Waals surface area contributed by atoms with Crippen molar-refractivity contribution in [2.45, 2.75) is 32.7 Å². The summed E-state index contributed by atoms with van der Waals surface area (Å²) in [4.78, 5) is 16.1. The van der Waals surface area contributed by atoms with Gasteiger partial charge < -0.3 is 10.2 Å². The number of hydrogen-bond donors (Lipinski definition) is 1. The molecule has 1 N–H and O–H groups in total. The van der Waals surface area contributed by atoms with E-state index in [4.69, 9.17) is 0 Å². The molecule has 16 heavy (non-hydrogen) atoms. The average molecular weight is 227 g/mol. The first-order valence-electron chi connectivity index (χ1n) is 6.37. The Hall–Kier alpha value is -0.610. The molecule has 0 aliphatic carbocycles. The minimum absolute atomic E-state index is 0.260. The summed E-state index contributed by atoms with van der Waals surface area (Å²) in [6.07, 6.45) is 2.17. The van der Waals surface area contributed by atoms with Gasteiger partial charge in [0.25, 0.3) is 0 Å².